The van der Waals surface area contributed by atoms with Crippen molar-refractivity contribution in [1.82, 2.24) is 14.7 Å². The minimum Gasteiger partial charge on any atom is -0.756 e. The normalized spacial score (nSPS) is 13.1. The number of hydrogen-bond acceptors (Lipinski definition) is 15. The van der Waals surface area contributed by atoms with Gasteiger partial charge in [0, 0.05) is 45.3 Å². The maximum absolute atomic E-state index is 12.6. The van der Waals surface area contributed by atoms with E-state index in [2.05, 4.69) is 0 Å². The number of phosphoric acid groups is 1. The number of carbonyl (C=O) groups is 5. The summed E-state index contributed by atoms with van der Waals surface area (Å²) >= 11 is 0. The molecule has 48 heavy (non-hydrogen) atoms. The molecule has 0 aromatic heterocycles. The number of rotatable bonds is 24. The van der Waals surface area contributed by atoms with Gasteiger partial charge in [-0.15, -0.1) is 0 Å². The molecule has 0 aliphatic rings. The second-order valence-electron chi connectivity index (χ2n) is 10.3. The average molecular weight is 696 g/mol. The number of phosphoric ester groups is 1. The molecule has 0 aliphatic heterocycles. The molecule has 2 aromatic carbocycles. The van der Waals surface area contributed by atoms with Gasteiger partial charge in [0.25, 0.3) is 7.82 Å². The van der Waals surface area contributed by atoms with E-state index in [1.807, 2.05) is 42.5 Å². The van der Waals surface area contributed by atoms with Gasteiger partial charge in [-0.25, -0.2) is 0 Å². The Morgan fingerprint density at radius 3 is 1.73 bits per heavy atom. The molecule has 0 radical (unpaired) electrons. The molecule has 0 heterocycles. The van der Waals surface area contributed by atoms with Gasteiger partial charge < -0.3 is 53.9 Å². The first-order chi connectivity index (χ1) is 22.1. The van der Waals surface area contributed by atoms with Crippen LogP contribution >= 0.6 is 7.82 Å². The van der Waals surface area contributed by atoms with Crippen molar-refractivity contribution in [1.29, 1.82) is 0 Å². The molecule has 0 saturated carbocycles. The van der Waals surface area contributed by atoms with E-state index in [1.165, 1.54) is 0 Å². The highest BCUT2D eigenvalue weighted by molar-refractivity contribution is 7.45. The Balaban J connectivity index is 0.0000115. The molecule has 266 valence electrons. The van der Waals surface area contributed by atoms with Crippen LogP contribution in [0.25, 0.3) is 11.1 Å². The largest absolute Gasteiger partial charge is 0.756 e. The van der Waals surface area contributed by atoms with E-state index >= 15 is 0 Å². The molecule has 2 N–H and O–H groups in total. The highest BCUT2D eigenvalue weighted by atomic mass is 31.2. The van der Waals surface area contributed by atoms with Crippen molar-refractivity contribution in [2.45, 2.75) is 19.9 Å². The summed E-state index contributed by atoms with van der Waals surface area (Å²) in [6.07, 6.45) is 0.167. The van der Waals surface area contributed by atoms with Crippen LogP contribution in [0.4, 0.5) is 0 Å². The van der Waals surface area contributed by atoms with Crippen LogP contribution in [0, 0.1) is 0 Å². The Hall–Kier alpha value is -4.22. The average Bonchev–Trinajstić information content (AvgIpc) is 2.97. The first kappa shape index (κ1) is 41.8. The molecule has 0 saturated heterocycles. The highest BCUT2D eigenvalue weighted by Crippen LogP contribution is 2.38. The molecule has 17 nitrogen and oxygen atoms in total. The van der Waals surface area contributed by atoms with Crippen LogP contribution in [0.15, 0.2) is 54.6 Å². The van der Waals surface area contributed by atoms with Crippen molar-refractivity contribution < 1.29 is 68.0 Å². The van der Waals surface area contributed by atoms with Crippen molar-refractivity contribution in [3.63, 3.8) is 0 Å². The first-order valence-corrected chi connectivity index (χ1v) is 15.6. The molecule has 0 spiro atoms. The Kier molecular flexibility index (Phi) is 18.2. The van der Waals surface area contributed by atoms with E-state index in [1.54, 1.807) is 12.1 Å². The summed E-state index contributed by atoms with van der Waals surface area (Å²) < 4.78 is 22.5. The lowest BCUT2D eigenvalue weighted by atomic mass is 10.0. The van der Waals surface area contributed by atoms with Crippen LogP contribution in [-0.2, 0) is 44.0 Å². The van der Waals surface area contributed by atoms with Gasteiger partial charge in [0.15, 0.2) is 0 Å². The van der Waals surface area contributed by atoms with Gasteiger partial charge in [0.2, 0.25) is 0 Å². The predicted octanol–water partition coefficient (Wildman–Crippen LogP) is -3.27. The second kappa shape index (κ2) is 20.9. The van der Waals surface area contributed by atoms with Gasteiger partial charge in [-0.05, 0) is 23.1 Å². The molecule has 2 rings (SSSR count). The van der Waals surface area contributed by atoms with Gasteiger partial charge in [0.1, 0.15) is 0 Å². The van der Waals surface area contributed by atoms with Gasteiger partial charge in [-0.2, -0.15) is 0 Å². The molecule has 2 atom stereocenters. The lowest BCUT2D eigenvalue weighted by Crippen LogP contribution is -2.55. The number of carbonyl (C=O) groups excluding carboxylic acids is 3. The molecular weight excluding hydrogens is 657 g/mol. The number of benzene rings is 2. The molecule has 0 fully saturated rings. The number of carboxylic acid groups (broad SMARTS) is 5. The summed E-state index contributed by atoms with van der Waals surface area (Å²) in [6, 6.07) is 15.4. The molecule has 2 unspecified atom stereocenters. The summed E-state index contributed by atoms with van der Waals surface area (Å²) in [6.45, 7) is -6.77. The summed E-state index contributed by atoms with van der Waals surface area (Å²) in [5, 5.41) is 52.2. The fourth-order valence-corrected chi connectivity index (χ4v) is 5.24. The first-order valence-electron chi connectivity index (χ1n) is 14.1. The Labute approximate surface area is 277 Å². The quantitative estimate of drug-likeness (QED) is 0.102. The maximum atomic E-state index is 12.6. The minimum atomic E-state index is -5.07. The SMILES string of the molecule is C.O=C([O-])CN(CCN(CC(=O)O)CC(COP(=O)([O-])OCCc1ccc(-c2ccccc2)cc1)N(CC(=O)[O-])CC(=O)[O-])CC(=O)O. The van der Waals surface area contributed by atoms with E-state index in [4.69, 9.17) is 14.2 Å². The highest BCUT2D eigenvalue weighted by Gasteiger charge is 2.26. The van der Waals surface area contributed by atoms with Crippen LogP contribution < -0.4 is 20.2 Å². The number of aliphatic carboxylic acids is 5. The van der Waals surface area contributed by atoms with E-state index in [0.717, 1.165) is 31.4 Å². The fourth-order valence-electron chi connectivity index (χ4n) is 4.50. The fraction of sp³-hybridized carbons (Fsp3) is 0.433. The van der Waals surface area contributed by atoms with E-state index in [-0.39, 0.29) is 33.5 Å². The number of carboxylic acids is 5. The van der Waals surface area contributed by atoms with Crippen LogP contribution in [0.2, 0.25) is 0 Å². The predicted molar refractivity (Wildman–Crippen MR) is 160 cm³/mol. The topological polar surface area (TPSA) is 263 Å². The molecule has 18 heteroatoms. The molecule has 0 bridgehead atoms. The van der Waals surface area contributed by atoms with Gasteiger partial charge >= 0.3 is 11.9 Å². The van der Waals surface area contributed by atoms with Crippen LogP contribution in [-0.4, -0.2) is 126 Å². The van der Waals surface area contributed by atoms with Gasteiger partial charge in [-0.3, -0.25) is 28.9 Å². The maximum Gasteiger partial charge on any atom is 0.317 e. The van der Waals surface area contributed by atoms with E-state index in [0.29, 0.717) is 0 Å². The van der Waals surface area contributed by atoms with Crippen molar-refractivity contribution in [3.8, 4) is 11.1 Å². The minimum absolute atomic E-state index is 0. The summed E-state index contributed by atoms with van der Waals surface area (Å²) in [5.74, 6) is -7.89. The van der Waals surface area contributed by atoms with Crippen molar-refractivity contribution >= 4 is 37.7 Å². The number of hydrogen-bond donors (Lipinski definition) is 2. The third-order valence-corrected chi connectivity index (χ3v) is 7.54. The van der Waals surface area contributed by atoms with Crippen molar-refractivity contribution in [3.05, 3.63) is 60.2 Å². The monoisotopic (exact) mass is 695 g/mol. The zero-order chi connectivity index (χ0) is 35.0. The summed E-state index contributed by atoms with van der Waals surface area (Å²) in [5.41, 5.74) is 2.68. The van der Waals surface area contributed by atoms with E-state index in [9.17, 15) is 53.9 Å². The Bertz CT molecular complexity index is 1360. The Morgan fingerprint density at radius 2 is 1.21 bits per heavy atom. The van der Waals surface area contributed by atoms with Crippen LogP contribution in [0.1, 0.15) is 13.0 Å². The third kappa shape index (κ3) is 17.1. The van der Waals surface area contributed by atoms with Crippen LogP contribution in [0.3, 0.4) is 0 Å². The molecule has 0 aliphatic carbocycles. The van der Waals surface area contributed by atoms with Crippen LogP contribution in [0.5, 0.6) is 0 Å². The van der Waals surface area contributed by atoms with E-state index < -0.39 is 89.6 Å². The smallest absolute Gasteiger partial charge is 0.317 e. The van der Waals surface area contributed by atoms with Crippen molar-refractivity contribution in [2.24, 2.45) is 0 Å². The number of nitrogens with zero attached hydrogens (tertiary/aromatic N) is 3. The zero-order valence-corrected chi connectivity index (χ0v) is 26.0. The zero-order valence-electron chi connectivity index (χ0n) is 25.1. The third-order valence-electron chi connectivity index (χ3n) is 6.58. The lowest BCUT2D eigenvalue weighted by molar-refractivity contribution is -0.311. The van der Waals surface area contributed by atoms with Gasteiger partial charge in [-0.1, -0.05) is 62.0 Å². The molecular formula is C30H38N3O14P-4. The lowest BCUT2D eigenvalue weighted by Gasteiger charge is -2.37. The standard InChI is InChI=1S/C29H38N3O14P.CH4/c33-25(34)15-30(11-12-31(16-26(35)36)17-27(37)38)14-24(32(18-28(39)40)19-29(41)42)20-46-47(43,44)45-13-10-21-6-8-23(9-7-21)22-4-2-1-3-5-22;/h1-9,24H,10-20H2,(H,33,34)(H,35,36)(H,37,38)(H,39,40)(H,41,42)(H,43,44);1H4/p-4. The van der Waals surface area contributed by atoms with Gasteiger partial charge in [0.05, 0.1) is 44.2 Å². The summed E-state index contributed by atoms with van der Waals surface area (Å²) in [7, 11) is -5.07. The second-order valence-corrected chi connectivity index (χ2v) is 11.7. The summed E-state index contributed by atoms with van der Waals surface area (Å²) in [4.78, 5) is 71.8. The molecule has 0 amide bonds. The Morgan fingerprint density at radius 1 is 0.708 bits per heavy atom. The van der Waals surface area contributed by atoms with Crippen molar-refractivity contribution in [2.75, 3.05) is 65.6 Å². The molecule has 2 aromatic rings.